The summed E-state index contributed by atoms with van der Waals surface area (Å²) >= 11 is 0. The molecule has 33 heavy (non-hydrogen) atoms. The van der Waals surface area contributed by atoms with Gasteiger partial charge in [-0.05, 0) is 102 Å². The van der Waals surface area contributed by atoms with Crippen LogP contribution in [0.25, 0.3) is 0 Å². The fourth-order valence-corrected chi connectivity index (χ4v) is 10.7. The monoisotopic (exact) mass is 458 g/mol. The molecule has 4 fully saturated rings. The molecule has 0 amide bonds. The largest absolute Gasteiger partial charge is 0.396 e. The summed E-state index contributed by atoms with van der Waals surface area (Å²) in [7, 11) is 0. The number of rotatable bonds is 1. The number of fused-ring (bicyclic) bond motifs is 7. The van der Waals surface area contributed by atoms with Crippen LogP contribution in [-0.4, -0.2) is 34.1 Å². The molecule has 0 spiro atoms. The molecule has 0 aliphatic heterocycles. The van der Waals surface area contributed by atoms with Gasteiger partial charge in [0, 0.05) is 12.5 Å². The lowest BCUT2D eigenvalue weighted by Gasteiger charge is -2.72. The minimum atomic E-state index is -0.415. The molecule has 10 atom stereocenters. The predicted molar refractivity (Wildman–Crippen MR) is 134 cm³/mol. The molecule has 3 heteroatoms. The van der Waals surface area contributed by atoms with E-state index < -0.39 is 6.10 Å². The number of aliphatic hydroxyl groups excluding tert-OH is 3. The summed E-state index contributed by atoms with van der Waals surface area (Å²) in [5.74, 6) is 1.15. The van der Waals surface area contributed by atoms with Gasteiger partial charge in [-0.25, -0.2) is 0 Å². The average Bonchev–Trinajstić information content (AvgIpc) is 2.74. The summed E-state index contributed by atoms with van der Waals surface area (Å²) in [6.07, 6.45) is 11.6. The van der Waals surface area contributed by atoms with Crippen molar-refractivity contribution in [1.29, 1.82) is 0 Å². The molecule has 188 valence electrons. The molecule has 0 aromatic heterocycles. The molecule has 0 radical (unpaired) electrons. The highest BCUT2D eigenvalue weighted by molar-refractivity contribution is 5.35. The first-order valence-corrected chi connectivity index (χ1v) is 13.9. The fraction of sp³-hybridized carbons (Fsp3) is 0.933. The van der Waals surface area contributed by atoms with E-state index in [1.807, 2.05) is 0 Å². The second-order valence-corrected chi connectivity index (χ2v) is 15.2. The zero-order valence-corrected chi connectivity index (χ0v) is 22.4. The van der Waals surface area contributed by atoms with E-state index in [-0.39, 0.29) is 45.7 Å². The van der Waals surface area contributed by atoms with Crippen LogP contribution in [0.1, 0.15) is 106 Å². The maximum atomic E-state index is 11.9. The quantitative estimate of drug-likeness (QED) is 0.415. The predicted octanol–water partition coefficient (Wildman–Crippen LogP) is 6.11. The van der Waals surface area contributed by atoms with E-state index in [9.17, 15) is 15.3 Å². The van der Waals surface area contributed by atoms with E-state index in [0.29, 0.717) is 17.3 Å². The lowest BCUT2D eigenvalue weighted by molar-refractivity contribution is -0.224. The van der Waals surface area contributed by atoms with Crippen molar-refractivity contribution in [1.82, 2.24) is 0 Å². The van der Waals surface area contributed by atoms with Crippen molar-refractivity contribution in [2.24, 2.45) is 50.2 Å². The summed E-state index contributed by atoms with van der Waals surface area (Å²) in [5.41, 5.74) is 1.93. The summed E-state index contributed by atoms with van der Waals surface area (Å²) in [6, 6.07) is 0. The molecule has 0 aromatic rings. The van der Waals surface area contributed by atoms with E-state index in [1.54, 1.807) is 0 Å². The Kier molecular flexibility index (Phi) is 5.23. The van der Waals surface area contributed by atoms with Crippen LogP contribution in [0.5, 0.6) is 0 Å². The van der Waals surface area contributed by atoms with Crippen LogP contribution < -0.4 is 0 Å². The Labute approximate surface area is 202 Å². The van der Waals surface area contributed by atoms with Crippen LogP contribution in [0.4, 0.5) is 0 Å². The SMILES string of the molecule is CC1(C)C2CC[C@]3(C)C(C(O)C=C4[C@@H]5C[C@@](C)(CO)CC[C@]5(C)CC[C@]43C)[C@@]2(C)CC[C@@H]1O. The minimum absolute atomic E-state index is 0.000849. The van der Waals surface area contributed by atoms with E-state index in [1.165, 1.54) is 24.8 Å². The lowest BCUT2D eigenvalue weighted by Crippen LogP contribution is -2.67. The van der Waals surface area contributed by atoms with E-state index >= 15 is 0 Å². The van der Waals surface area contributed by atoms with Gasteiger partial charge in [0.25, 0.3) is 0 Å². The maximum Gasteiger partial charge on any atom is 0.0762 e. The zero-order valence-electron chi connectivity index (χ0n) is 22.4. The first kappa shape index (κ1) is 24.3. The van der Waals surface area contributed by atoms with E-state index in [0.717, 1.165) is 38.5 Å². The molecular formula is C30H50O3. The Morgan fingerprint density at radius 1 is 0.848 bits per heavy atom. The highest BCUT2D eigenvalue weighted by Gasteiger charge is 2.69. The Morgan fingerprint density at radius 2 is 1.52 bits per heavy atom. The van der Waals surface area contributed by atoms with Gasteiger partial charge in [-0.3, -0.25) is 0 Å². The van der Waals surface area contributed by atoms with Crippen molar-refractivity contribution >= 4 is 0 Å². The van der Waals surface area contributed by atoms with Gasteiger partial charge < -0.3 is 15.3 Å². The van der Waals surface area contributed by atoms with Crippen molar-refractivity contribution in [3.05, 3.63) is 11.6 Å². The Hall–Kier alpha value is -0.380. The minimum Gasteiger partial charge on any atom is -0.396 e. The van der Waals surface area contributed by atoms with Crippen molar-refractivity contribution in [2.45, 2.75) is 118 Å². The van der Waals surface area contributed by atoms with Gasteiger partial charge in [0.05, 0.1) is 12.2 Å². The molecule has 5 aliphatic carbocycles. The zero-order chi connectivity index (χ0) is 24.2. The topological polar surface area (TPSA) is 60.7 Å². The average molecular weight is 459 g/mol. The highest BCUT2D eigenvalue weighted by Crippen LogP contribution is 2.75. The molecule has 5 rings (SSSR count). The second kappa shape index (κ2) is 7.10. The van der Waals surface area contributed by atoms with Crippen molar-refractivity contribution in [2.75, 3.05) is 6.61 Å². The molecule has 0 saturated heterocycles. The number of aliphatic hydroxyl groups is 3. The molecule has 3 N–H and O–H groups in total. The van der Waals surface area contributed by atoms with Gasteiger partial charge in [-0.1, -0.05) is 60.1 Å². The molecule has 0 aromatic carbocycles. The summed E-state index contributed by atoms with van der Waals surface area (Å²) in [5, 5.41) is 33.0. The third-order valence-electron chi connectivity index (χ3n) is 13.2. The van der Waals surface area contributed by atoms with Gasteiger partial charge in [-0.15, -0.1) is 0 Å². The van der Waals surface area contributed by atoms with Gasteiger partial charge in [-0.2, -0.15) is 0 Å². The Bertz CT molecular complexity index is 847. The van der Waals surface area contributed by atoms with Gasteiger partial charge in [0.2, 0.25) is 0 Å². The summed E-state index contributed by atoms with van der Waals surface area (Å²) in [6.45, 7) is 17.1. The second-order valence-electron chi connectivity index (χ2n) is 15.2. The number of allylic oxidation sites excluding steroid dienone is 1. The number of hydrogen-bond acceptors (Lipinski definition) is 3. The van der Waals surface area contributed by atoms with E-state index in [4.69, 9.17) is 0 Å². The Morgan fingerprint density at radius 3 is 2.18 bits per heavy atom. The smallest absolute Gasteiger partial charge is 0.0762 e. The van der Waals surface area contributed by atoms with Crippen LogP contribution >= 0.6 is 0 Å². The van der Waals surface area contributed by atoms with Crippen LogP contribution in [0.2, 0.25) is 0 Å². The van der Waals surface area contributed by atoms with Crippen LogP contribution in [0.15, 0.2) is 11.6 Å². The molecule has 0 bridgehead atoms. The van der Waals surface area contributed by atoms with Crippen molar-refractivity contribution < 1.29 is 15.3 Å². The molecule has 3 nitrogen and oxygen atoms in total. The molecule has 5 aliphatic rings. The van der Waals surface area contributed by atoms with Gasteiger partial charge in [0.15, 0.2) is 0 Å². The van der Waals surface area contributed by atoms with Crippen molar-refractivity contribution in [3.8, 4) is 0 Å². The molecular weight excluding hydrogens is 408 g/mol. The van der Waals surface area contributed by atoms with E-state index in [2.05, 4.69) is 54.5 Å². The number of hydrogen-bond donors (Lipinski definition) is 3. The third kappa shape index (κ3) is 2.97. The maximum absolute atomic E-state index is 11.9. The summed E-state index contributed by atoms with van der Waals surface area (Å²) in [4.78, 5) is 0. The normalized spacial score (nSPS) is 57.8. The summed E-state index contributed by atoms with van der Waals surface area (Å²) < 4.78 is 0. The van der Waals surface area contributed by atoms with Crippen LogP contribution in [0, 0.1) is 50.2 Å². The molecule has 0 heterocycles. The molecule has 4 saturated carbocycles. The molecule has 3 unspecified atom stereocenters. The Balaban J connectivity index is 1.61. The van der Waals surface area contributed by atoms with Gasteiger partial charge >= 0.3 is 0 Å². The van der Waals surface area contributed by atoms with Crippen LogP contribution in [-0.2, 0) is 0 Å². The van der Waals surface area contributed by atoms with Crippen LogP contribution in [0.3, 0.4) is 0 Å². The third-order valence-corrected chi connectivity index (χ3v) is 13.2. The van der Waals surface area contributed by atoms with Crippen molar-refractivity contribution in [3.63, 3.8) is 0 Å². The lowest BCUT2D eigenvalue weighted by atomic mass is 9.33. The first-order valence-electron chi connectivity index (χ1n) is 13.9. The highest BCUT2D eigenvalue weighted by atomic mass is 16.3. The standard InChI is InChI=1S/C30H50O3/c1-25(2)22-8-11-30(7)24(28(22,5)10-9-23(25)33)21(32)16-19-20-17-26(3,18-31)12-13-27(20,4)14-15-29(19,30)6/h16,20-24,31-33H,8-15,17-18H2,1-7H3/t20-,21?,22?,23-,24?,26-,27+,28-,29+,30+/m0/s1. The first-order chi connectivity index (χ1) is 15.2. The fourth-order valence-electron chi connectivity index (χ4n) is 10.7. The van der Waals surface area contributed by atoms with Gasteiger partial charge in [0.1, 0.15) is 0 Å².